The van der Waals surface area contributed by atoms with Crippen LogP contribution >= 0.6 is 0 Å². The highest BCUT2D eigenvalue weighted by Crippen LogP contribution is 2.20. The number of benzene rings is 1. The number of piperazine rings is 1. The number of methoxy groups -OCH3 is 1. The third-order valence-corrected chi connectivity index (χ3v) is 4.81. The first kappa shape index (κ1) is 19.7. The van der Waals surface area contributed by atoms with Gasteiger partial charge in [-0.3, -0.25) is 14.3 Å². The van der Waals surface area contributed by atoms with Crippen molar-refractivity contribution in [1.82, 2.24) is 14.7 Å². The zero-order valence-corrected chi connectivity index (χ0v) is 16.6. The fraction of sp³-hybridized carbons (Fsp3) is 0.450. The first-order valence-electron chi connectivity index (χ1n) is 9.29. The summed E-state index contributed by atoms with van der Waals surface area (Å²) in [5, 5.41) is 4.22. The molecule has 0 N–H and O–H groups in total. The highest BCUT2D eigenvalue weighted by molar-refractivity contribution is 5.80. The Bertz CT molecular complexity index is 823. The van der Waals surface area contributed by atoms with Crippen LogP contribution in [-0.2, 0) is 20.9 Å². The van der Waals surface area contributed by atoms with Crippen molar-refractivity contribution in [2.45, 2.75) is 20.4 Å². The summed E-state index contributed by atoms with van der Waals surface area (Å²) in [6.45, 7) is 6.18. The summed E-state index contributed by atoms with van der Waals surface area (Å²) in [6, 6.07) is 9.76. The lowest BCUT2D eigenvalue weighted by Gasteiger charge is -2.36. The van der Waals surface area contributed by atoms with E-state index in [2.05, 4.69) is 10.00 Å². The Labute approximate surface area is 164 Å². The van der Waals surface area contributed by atoms with Gasteiger partial charge in [-0.2, -0.15) is 5.10 Å². The Morgan fingerprint density at radius 1 is 1.07 bits per heavy atom. The number of hydrogen-bond acceptors (Lipinski definition) is 6. The first-order valence-corrected chi connectivity index (χ1v) is 9.29. The number of amides is 1. The number of hydrogen-bond donors (Lipinski definition) is 0. The van der Waals surface area contributed by atoms with Gasteiger partial charge < -0.3 is 19.3 Å². The molecule has 2 heterocycles. The van der Waals surface area contributed by atoms with Gasteiger partial charge in [-0.25, -0.2) is 0 Å². The van der Waals surface area contributed by atoms with E-state index in [1.807, 2.05) is 44.2 Å². The predicted octanol–water partition coefficient (Wildman–Crippen LogP) is 1.40. The fourth-order valence-corrected chi connectivity index (χ4v) is 3.24. The van der Waals surface area contributed by atoms with Crippen molar-refractivity contribution in [1.29, 1.82) is 0 Å². The van der Waals surface area contributed by atoms with Crippen molar-refractivity contribution in [3.8, 4) is 5.75 Å². The van der Waals surface area contributed by atoms with Crippen LogP contribution in [0.25, 0.3) is 0 Å². The molecule has 0 atom stereocenters. The molecule has 0 aliphatic carbocycles. The fourth-order valence-electron chi connectivity index (χ4n) is 3.24. The summed E-state index contributed by atoms with van der Waals surface area (Å²) in [5.74, 6) is 0.187. The molecule has 1 aromatic carbocycles. The van der Waals surface area contributed by atoms with Gasteiger partial charge in [0, 0.05) is 37.6 Å². The molecule has 8 heteroatoms. The molecule has 1 fully saturated rings. The van der Waals surface area contributed by atoms with E-state index >= 15 is 0 Å². The minimum atomic E-state index is -0.462. The number of anilines is 1. The summed E-state index contributed by atoms with van der Waals surface area (Å²) >= 11 is 0. The zero-order valence-electron chi connectivity index (χ0n) is 16.6. The van der Waals surface area contributed by atoms with E-state index in [-0.39, 0.29) is 19.1 Å². The van der Waals surface area contributed by atoms with Crippen LogP contribution in [0, 0.1) is 13.8 Å². The van der Waals surface area contributed by atoms with Crippen molar-refractivity contribution in [2.75, 3.05) is 44.8 Å². The second kappa shape index (κ2) is 8.77. The molecule has 0 spiro atoms. The van der Waals surface area contributed by atoms with Crippen LogP contribution in [0.4, 0.5) is 5.69 Å². The lowest BCUT2D eigenvalue weighted by atomic mass is 10.2. The molecule has 0 radical (unpaired) electrons. The molecule has 150 valence electrons. The first-order chi connectivity index (χ1) is 13.5. The number of aryl methyl sites for hydroxylation is 2. The summed E-state index contributed by atoms with van der Waals surface area (Å²) < 4.78 is 11.9. The summed E-state index contributed by atoms with van der Waals surface area (Å²) in [4.78, 5) is 28.3. The molecule has 3 rings (SSSR count). The van der Waals surface area contributed by atoms with Crippen LogP contribution in [0.1, 0.15) is 11.4 Å². The Hall–Kier alpha value is -3.03. The monoisotopic (exact) mass is 386 g/mol. The predicted molar refractivity (Wildman–Crippen MR) is 104 cm³/mol. The average Bonchev–Trinajstić information content (AvgIpc) is 3.03. The normalized spacial score (nSPS) is 14.1. The number of carbonyl (C=O) groups excluding carboxylic acids is 2. The van der Waals surface area contributed by atoms with E-state index in [4.69, 9.17) is 9.47 Å². The molecule has 1 saturated heterocycles. The molecule has 1 aliphatic rings. The van der Waals surface area contributed by atoms with Crippen LogP contribution in [0.2, 0.25) is 0 Å². The van der Waals surface area contributed by atoms with Crippen molar-refractivity contribution >= 4 is 17.6 Å². The molecule has 1 amide bonds. The van der Waals surface area contributed by atoms with Gasteiger partial charge in [0.2, 0.25) is 0 Å². The minimum absolute atomic E-state index is 0.0121. The van der Waals surface area contributed by atoms with E-state index < -0.39 is 5.97 Å². The van der Waals surface area contributed by atoms with Crippen LogP contribution in [0.5, 0.6) is 5.75 Å². The molecule has 0 unspecified atom stereocenters. The molecule has 2 aromatic rings. The lowest BCUT2D eigenvalue weighted by molar-refractivity contribution is -0.152. The van der Waals surface area contributed by atoms with Gasteiger partial charge in [-0.15, -0.1) is 0 Å². The van der Waals surface area contributed by atoms with Crippen LogP contribution in [0.15, 0.2) is 30.3 Å². The molecular weight excluding hydrogens is 360 g/mol. The number of aromatic nitrogens is 2. The van der Waals surface area contributed by atoms with Gasteiger partial charge in [0.1, 0.15) is 12.3 Å². The topological polar surface area (TPSA) is 76.9 Å². The van der Waals surface area contributed by atoms with Gasteiger partial charge in [0.05, 0.1) is 12.8 Å². The lowest BCUT2D eigenvalue weighted by Crippen LogP contribution is -2.50. The summed E-state index contributed by atoms with van der Waals surface area (Å²) in [5.41, 5.74) is 2.83. The molecule has 1 aromatic heterocycles. The van der Waals surface area contributed by atoms with E-state index in [0.29, 0.717) is 13.1 Å². The Morgan fingerprint density at radius 2 is 1.75 bits per heavy atom. The maximum absolute atomic E-state index is 12.3. The molecule has 0 bridgehead atoms. The Balaban J connectivity index is 1.43. The third-order valence-electron chi connectivity index (χ3n) is 4.81. The average molecular weight is 386 g/mol. The van der Waals surface area contributed by atoms with Crippen LogP contribution in [0.3, 0.4) is 0 Å². The molecule has 28 heavy (non-hydrogen) atoms. The maximum atomic E-state index is 12.3. The van der Waals surface area contributed by atoms with Gasteiger partial charge in [-0.05, 0) is 44.2 Å². The molecule has 1 aliphatic heterocycles. The quantitative estimate of drug-likeness (QED) is 0.699. The Kier molecular flexibility index (Phi) is 6.18. The third kappa shape index (κ3) is 4.82. The second-order valence-electron chi connectivity index (χ2n) is 6.81. The van der Waals surface area contributed by atoms with Crippen molar-refractivity contribution in [2.24, 2.45) is 0 Å². The van der Waals surface area contributed by atoms with E-state index in [0.717, 1.165) is 35.9 Å². The second-order valence-corrected chi connectivity index (χ2v) is 6.81. The van der Waals surface area contributed by atoms with Crippen LogP contribution in [-0.4, -0.2) is 66.5 Å². The number of esters is 1. The SMILES string of the molecule is COc1ccc(N2CCN(C(=O)COC(=O)Cn3nc(C)cc3C)CC2)cc1. The molecular formula is C20H26N4O4. The number of ether oxygens (including phenoxy) is 2. The number of rotatable bonds is 6. The standard InChI is InChI=1S/C20H26N4O4/c1-15-12-16(2)24(21-15)13-20(26)28-14-19(25)23-10-8-22(9-11-23)17-4-6-18(27-3)7-5-17/h4-7,12H,8-11,13-14H2,1-3H3. The largest absolute Gasteiger partial charge is 0.497 e. The highest BCUT2D eigenvalue weighted by atomic mass is 16.5. The summed E-state index contributed by atoms with van der Waals surface area (Å²) in [7, 11) is 1.64. The molecule has 8 nitrogen and oxygen atoms in total. The van der Waals surface area contributed by atoms with E-state index in [9.17, 15) is 9.59 Å². The van der Waals surface area contributed by atoms with Crippen LogP contribution < -0.4 is 9.64 Å². The van der Waals surface area contributed by atoms with E-state index in [1.54, 1.807) is 16.7 Å². The van der Waals surface area contributed by atoms with E-state index in [1.165, 1.54) is 0 Å². The zero-order chi connectivity index (χ0) is 20.1. The van der Waals surface area contributed by atoms with Crippen molar-refractivity contribution in [3.05, 3.63) is 41.7 Å². The van der Waals surface area contributed by atoms with Gasteiger partial charge in [0.25, 0.3) is 5.91 Å². The minimum Gasteiger partial charge on any atom is -0.497 e. The smallest absolute Gasteiger partial charge is 0.328 e. The highest BCUT2D eigenvalue weighted by Gasteiger charge is 2.22. The molecule has 0 saturated carbocycles. The maximum Gasteiger partial charge on any atom is 0.328 e. The van der Waals surface area contributed by atoms with Gasteiger partial charge in [0.15, 0.2) is 6.61 Å². The van der Waals surface area contributed by atoms with Crippen molar-refractivity contribution in [3.63, 3.8) is 0 Å². The van der Waals surface area contributed by atoms with Crippen molar-refractivity contribution < 1.29 is 19.1 Å². The Morgan fingerprint density at radius 3 is 2.32 bits per heavy atom. The number of nitrogens with zero attached hydrogens (tertiary/aromatic N) is 4. The van der Waals surface area contributed by atoms with Gasteiger partial charge >= 0.3 is 5.97 Å². The van der Waals surface area contributed by atoms with Gasteiger partial charge in [-0.1, -0.05) is 0 Å². The number of carbonyl (C=O) groups is 2. The summed E-state index contributed by atoms with van der Waals surface area (Å²) in [6.07, 6.45) is 0.